The van der Waals surface area contributed by atoms with Gasteiger partial charge in [0.1, 0.15) is 4.99 Å². The molecule has 0 aliphatic rings. The van der Waals surface area contributed by atoms with E-state index in [4.69, 9.17) is 18.0 Å². The van der Waals surface area contributed by atoms with Gasteiger partial charge in [-0.15, -0.1) is 0 Å². The molecule has 6 heteroatoms. The number of anilines is 1. The number of nitrogens with zero attached hydrogens (tertiary/aromatic N) is 2. The van der Waals surface area contributed by atoms with Crippen LogP contribution in [0.4, 0.5) is 5.69 Å². The molecule has 0 saturated heterocycles. The van der Waals surface area contributed by atoms with Crippen molar-refractivity contribution in [3.05, 3.63) is 41.5 Å². The van der Waals surface area contributed by atoms with E-state index in [1.165, 1.54) is 6.39 Å². The first kappa shape index (κ1) is 11.5. The lowest BCUT2D eigenvalue weighted by Gasteiger charge is -2.10. The van der Waals surface area contributed by atoms with Crippen molar-refractivity contribution in [1.82, 2.24) is 10.1 Å². The summed E-state index contributed by atoms with van der Waals surface area (Å²) in [5.74, 6) is 0.584. The molecule has 1 heterocycles. The van der Waals surface area contributed by atoms with Crippen molar-refractivity contribution < 1.29 is 4.52 Å². The van der Waals surface area contributed by atoms with Crippen molar-refractivity contribution in [3.63, 3.8) is 0 Å². The zero-order valence-corrected chi connectivity index (χ0v) is 10.1. The Morgan fingerprint density at radius 1 is 1.53 bits per heavy atom. The molecule has 1 aromatic heterocycles. The van der Waals surface area contributed by atoms with Crippen molar-refractivity contribution in [1.29, 1.82) is 0 Å². The van der Waals surface area contributed by atoms with E-state index >= 15 is 0 Å². The highest BCUT2D eigenvalue weighted by atomic mass is 32.1. The van der Waals surface area contributed by atoms with Crippen LogP contribution in [0.3, 0.4) is 0 Å². The molecule has 88 valence electrons. The molecule has 0 amide bonds. The third-order valence-corrected chi connectivity index (χ3v) is 2.50. The van der Waals surface area contributed by atoms with Crippen LogP contribution in [0.15, 0.2) is 29.1 Å². The molecular weight excluding hydrogens is 236 g/mol. The molecular formula is C11H12N4OS. The summed E-state index contributed by atoms with van der Waals surface area (Å²) in [6.07, 6.45) is 1.29. The lowest BCUT2D eigenvalue weighted by Crippen LogP contribution is -2.13. The molecule has 0 aliphatic heterocycles. The van der Waals surface area contributed by atoms with E-state index in [0.29, 0.717) is 17.4 Å². The Balaban J connectivity index is 2.19. The Bertz CT molecular complexity index is 524. The van der Waals surface area contributed by atoms with Gasteiger partial charge in [-0.25, -0.2) is 0 Å². The maximum Gasteiger partial charge on any atom is 0.213 e. The number of benzene rings is 1. The van der Waals surface area contributed by atoms with Gasteiger partial charge in [-0.2, -0.15) is 4.98 Å². The smallest absolute Gasteiger partial charge is 0.213 e. The van der Waals surface area contributed by atoms with Crippen LogP contribution >= 0.6 is 12.2 Å². The van der Waals surface area contributed by atoms with E-state index in [1.54, 1.807) is 0 Å². The SMILES string of the molecule is Cc1ccc(C(N)=S)c(NCc2ncon2)c1. The largest absolute Gasteiger partial charge is 0.389 e. The topological polar surface area (TPSA) is 77.0 Å². The fourth-order valence-corrected chi connectivity index (χ4v) is 1.64. The highest BCUT2D eigenvalue weighted by molar-refractivity contribution is 7.80. The van der Waals surface area contributed by atoms with E-state index in [2.05, 4.69) is 20.0 Å². The fourth-order valence-electron chi connectivity index (χ4n) is 1.46. The summed E-state index contributed by atoms with van der Waals surface area (Å²) in [6, 6.07) is 5.85. The Morgan fingerprint density at radius 2 is 2.35 bits per heavy atom. The summed E-state index contributed by atoms with van der Waals surface area (Å²) in [7, 11) is 0. The molecule has 0 fully saturated rings. The molecule has 3 N–H and O–H groups in total. The summed E-state index contributed by atoms with van der Waals surface area (Å²) in [5.41, 5.74) is 8.47. The lowest BCUT2D eigenvalue weighted by molar-refractivity contribution is 0.411. The van der Waals surface area contributed by atoms with Gasteiger partial charge in [0.25, 0.3) is 0 Å². The van der Waals surface area contributed by atoms with Gasteiger partial charge in [0, 0.05) is 11.3 Å². The predicted molar refractivity (Wildman–Crippen MR) is 68.7 cm³/mol. The molecule has 0 radical (unpaired) electrons. The zero-order valence-electron chi connectivity index (χ0n) is 9.30. The van der Waals surface area contributed by atoms with Crippen LogP contribution < -0.4 is 11.1 Å². The van der Waals surface area contributed by atoms with E-state index < -0.39 is 0 Å². The molecule has 0 saturated carbocycles. The normalized spacial score (nSPS) is 10.2. The fraction of sp³-hybridized carbons (Fsp3) is 0.182. The first-order valence-corrected chi connectivity index (χ1v) is 5.47. The Labute approximate surface area is 104 Å². The molecule has 0 unspecified atom stereocenters. The minimum absolute atomic E-state index is 0.362. The minimum atomic E-state index is 0.362. The summed E-state index contributed by atoms with van der Waals surface area (Å²) < 4.78 is 4.65. The van der Waals surface area contributed by atoms with E-state index in [-0.39, 0.29) is 0 Å². The minimum Gasteiger partial charge on any atom is -0.389 e. The Kier molecular flexibility index (Phi) is 3.34. The van der Waals surface area contributed by atoms with Crippen molar-refractivity contribution >= 4 is 22.9 Å². The van der Waals surface area contributed by atoms with Crippen molar-refractivity contribution in [2.75, 3.05) is 5.32 Å². The molecule has 5 nitrogen and oxygen atoms in total. The number of hydrogen-bond acceptors (Lipinski definition) is 5. The van der Waals surface area contributed by atoms with Crippen LogP contribution in [0.25, 0.3) is 0 Å². The van der Waals surface area contributed by atoms with Gasteiger partial charge >= 0.3 is 0 Å². The zero-order chi connectivity index (χ0) is 12.3. The molecule has 2 aromatic rings. The molecule has 0 bridgehead atoms. The predicted octanol–water partition coefficient (Wildman–Crippen LogP) is 1.62. The average molecular weight is 248 g/mol. The maximum atomic E-state index is 5.66. The molecule has 2 rings (SSSR count). The van der Waals surface area contributed by atoms with Gasteiger partial charge in [-0.3, -0.25) is 0 Å². The second kappa shape index (κ2) is 4.92. The van der Waals surface area contributed by atoms with Crippen molar-refractivity contribution in [2.24, 2.45) is 5.73 Å². The van der Waals surface area contributed by atoms with Crippen LogP contribution in [0, 0.1) is 6.92 Å². The number of nitrogens with two attached hydrogens (primary N) is 1. The molecule has 17 heavy (non-hydrogen) atoms. The third-order valence-electron chi connectivity index (χ3n) is 2.28. The Hall–Kier alpha value is -1.95. The van der Waals surface area contributed by atoms with Crippen molar-refractivity contribution in [3.8, 4) is 0 Å². The highest BCUT2D eigenvalue weighted by Crippen LogP contribution is 2.18. The average Bonchev–Trinajstić information content (AvgIpc) is 2.78. The number of aryl methyl sites for hydroxylation is 1. The van der Waals surface area contributed by atoms with E-state index in [9.17, 15) is 0 Å². The molecule has 0 spiro atoms. The van der Waals surface area contributed by atoms with Gasteiger partial charge in [0.05, 0.1) is 6.54 Å². The molecule has 0 aliphatic carbocycles. The third kappa shape index (κ3) is 2.79. The van der Waals surface area contributed by atoms with Crippen LogP contribution in [-0.4, -0.2) is 15.1 Å². The van der Waals surface area contributed by atoms with Crippen LogP contribution in [0.1, 0.15) is 17.0 Å². The summed E-state index contributed by atoms with van der Waals surface area (Å²) in [6.45, 7) is 2.47. The first-order valence-electron chi connectivity index (χ1n) is 5.06. The maximum absolute atomic E-state index is 5.66. The first-order chi connectivity index (χ1) is 8.16. The van der Waals surface area contributed by atoms with E-state index in [0.717, 1.165) is 16.8 Å². The lowest BCUT2D eigenvalue weighted by atomic mass is 10.1. The van der Waals surface area contributed by atoms with Gasteiger partial charge in [-0.05, 0) is 24.6 Å². The molecule has 1 aromatic carbocycles. The summed E-state index contributed by atoms with van der Waals surface area (Å²) >= 11 is 5.00. The highest BCUT2D eigenvalue weighted by Gasteiger charge is 2.06. The second-order valence-corrected chi connectivity index (χ2v) is 4.05. The summed E-state index contributed by atoms with van der Waals surface area (Å²) in [4.78, 5) is 4.29. The van der Waals surface area contributed by atoms with Gasteiger partial charge in [-0.1, -0.05) is 23.4 Å². The monoisotopic (exact) mass is 248 g/mol. The van der Waals surface area contributed by atoms with Gasteiger partial charge in [0.2, 0.25) is 6.39 Å². The number of rotatable bonds is 4. The number of hydrogen-bond donors (Lipinski definition) is 2. The van der Waals surface area contributed by atoms with E-state index in [1.807, 2.05) is 25.1 Å². The van der Waals surface area contributed by atoms with Crippen LogP contribution in [-0.2, 0) is 6.54 Å². The Morgan fingerprint density at radius 3 is 3.00 bits per heavy atom. The number of aromatic nitrogens is 2. The van der Waals surface area contributed by atoms with Crippen LogP contribution in [0.5, 0.6) is 0 Å². The van der Waals surface area contributed by atoms with Gasteiger partial charge < -0.3 is 15.6 Å². The van der Waals surface area contributed by atoms with Crippen molar-refractivity contribution in [2.45, 2.75) is 13.5 Å². The van der Waals surface area contributed by atoms with Crippen LogP contribution in [0.2, 0.25) is 0 Å². The number of nitrogens with one attached hydrogen (secondary N) is 1. The summed E-state index contributed by atoms with van der Waals surface area (Å²) in [5, 5.41) is 6.90. The second-order valence-electron chi connectivity index (χ2n) is 3.61. The quantitative estimate of drug-likeness (QED) is 0.801. The number of thiocarbonyl (C=S) groups is 1. The van der Waals surface area contributed by atoms with Gasteiger partial charge in [0.15, 0.2) is 5.82 Å². The standard InChI is InChI=1S/C11H12N4OS/c1-7-2-3-8(11(12)17)9(4-7)13-5-10-14-6-16-15-10/h2-4,6,13H,5H2,1H3,(H2,12,17). The molecule has 0 atom stereocenters.